The van der Waals surface area contributed by atoms with Gasteiger partial charge < -0.3 is 0 Å². The minimum absolute atomic E-state index is 0.0868. The first-order valence-electron chi connectivity index (χ1n) is 8.27. The molecule has 0 unspecified atom stereocenters. The van der Waals surface area contributed by atoms with E-state index in [4.69, 9.17) is 4.43 Å². The van der Waals surface area contributed by atoms with Crippen LogP contribution in [0, 0.1) is 0 Å². The van der Waals surface area contributed by atoms with Crippen molar-refractivity contribution in [3.05, 3.63) is 60.7 Å². The summed E-state index contributed by atoms with van der Waals surface area (Å²) >= 11 is 2.22. The summed E-state index contributed by atoms with van der Waals surface area (Å²) in [7, 11) is -2.29. The van der Waals surface area contributed by atoms with Crippen molar-refractivity contribution in [2.24, 2.45) is 0 Å². The number of hydrogen-bond acceptors (Lipinski definition) is 1. The monoisotopic (exact) mass is 304 g/mol. The Kier molecular flexibility index (Phi) is 6.12. The number of hydrogen-bond donors (Lipinski definition) is 0. The molecule has 0 bridgehead atoms. The summed E-state index contributed by atoms with van der Waals surface area (Å²) in [6.07, 6.45) is 1.12. The van der Waals surface area contributed by atoms with Gasteiger partial charge in [-0.3, -0.25) is 0 Å². The molecule has 0 fully saturated rings. The molecule has 2 aromatic rings. The van der Waals surface area contributed by atoms with Crippen LogP contribution in [0.1, 0.15) is 27.2 Å². The van der Waals surface area contributed by atoms with Crippen LogP contribution >= 0.6 is 0 Å². The molecular weight excluding hydrogens is 279 g/mol. The van der Waals surface area contributed by atoms with Gasteiger partial charge in [-0.15, -0.1) is 0 Å². The summed E-state index contributed by atoms with van der Waals surface area (Å²) in [5.74, 6) is 0. The summed E-state index contributed by atoms with van der Waals surface area (Å²) < 4.78 is 6.75. The van der Waals surface area contributed by atoms with Gasteiger partial charge in [-0.2, -0.15) is 0 Å². The molecule has 0 amide bonds. The normalized spacial score (nSPS) is 12.4. The van der Waals surface area contributed by atoms with E-state index >= 15 is 0 Å². The Labute approximate surface area is 145 Å². The van der Waals surface area contributed by atoms with Crippen LogP contribution in [0.5, 0.6) is 0 Å². The van der Waals surface area contributed by atoms with Gasteiger partial charge in [0.15, 0.2) is 0 Å². The van der Waals surface area contributed by atoms with Gasteiger partial charge >= 0.3 is 145 Å². The third-order valence-electron chi connectivity index (χ3n) is 4.23. The Morgan fingerprint density at radius 1 is 0.864 bits per heavy atom. The predicted octanol–water partition coefficient (Wildman–Crippen LogP) is 3.54. The standard InChI is InChI=1S/C19H25OSi.Li/c1-5-16-20-21(19(2,3)4,17-12-8-6-9-13-17)18-14-10-7-11-15-18;/h6-15H,1,5,16H2,2-4H3;. The Morgan fingerprint density at radius 3 is 1.68 bits per heavy atom. The third-order valence-corrected chi connectivity index (χ3v) is 9.28. The second kappa shape index (κ2) is 7.66. The molecule has 112 valence electrons. The van der Waals surface area contributed by atoms with Gasteiger partial charge in [-0.25, -0.2) is 0 Å². The van der Waals surface area contributed by atoms with Crippen LogP contribution in [0.15, 0.2) is 60.7 Å². The molecule has 3 heteroatoms. The quantitative estimate of drug-likeness (QED) is 0.586. The molecule has 1 nitrogen and oxygen atoms in total. The first-order chi connectivity index (χ1) is 10.5. The third kappa shape index (κ3) is 3.58. The molecule has 0 atom stereocenters. The Bertz CT molecular complexity index is 523. The molecule has 0 saturated heterocycles. The molecule has 0 aromatic heterocycles. The average molecular weight is 304 g/mol. The fourth-order valence-corrected chi connectivity index (χ4v) is 7.74. The Hall–Kier alpha value is -0.786. The topological polar surface area (TPSA) is 9.23 Å². The molecule has 0 aliphatic heterocycles. The van der Waals surface area contributed by atoms with Gasteiger partial charge in [-0.1, -0.05) is 0 Å². The van der Waals surface area contributed by atoms with E-state index in [0.717, 1.165) is 18.1 Å². The summed E-state index contributed by atoms with van der Waals surface area (Å²) in [4.78, 5) is 0. The van der Waals surface area contributed by atoms with Crippen molar-refractivity contribution in [1.82, 2.24) is 0 Å². The van der Waals surface area contributed by atoms with Crippen molar-refractivity contribution in [3.63, 3.8) is 0 Å². The van der Waals surface area contributed by atoms with Gasteiger partial charge in [-0.05, 0) is 0 Å². The van der Waals surface area contributed by atoms with E-state index in [0.29, 0.717) is 0 Å². The van der Waals surface area contributed by atoms with E-state index in [-0.39, 0.29) is 5.04 Å². The first kappa shape index (κ1) is 17.6. The molecule has 22 heavy (non-hydrogen) atoms. The molecule has 0 N–H and O–H groups in total. The van der Waals surface area contributed by atoms with Crippen LogP contribution in [0.2, 0.25) is 10.1 Å². The molecule has 2 rings (SSSR count). The Balaban J connectivity index is 2.59. The zero-order valence-corrected chi connectivity index (χ0v) is 15.3. The van der Waals surface area contributed by atoms with Gasteiger partial charge in [0, 0.05) is 0 Å². The fourth-order valence-electron chi connectivity index (χ4n) is 3.13. The molecule has 0 saturated carbocycles. The van der Waals surface area contributed by atoms with Crippen LogP contribution in [0.3, 0.4) is 0 Å². The van der Waals surface area contributed by atoms with E-state index in [1.165, 1.54) is 10.4 Å². The molecule has 0 aliphatic rings. The van der Waals surface area contributed by atoms with E-state index in [1.54, 1.807) is 0 Å². The van der Waals surface area contributed by atoms with Crippen LogP contribution in [-0.4, -0.2) is 32.6 Å². The average Bonchev–Trinajstić information content (AvgIpc) is 2.52. The SMILES string of the molecule is [Li][CH2]CCO[Si](c1ccccc1)(c1ccccc1)C(C)(C)C. The second-order valence-corrected chi connectivity index (χ2v) is 11.2. The van der Waals surface area contributed by atoms with Crippen molar-refractivity contribution in [2.75, 3.05) is 6.61 Å². The van der Waals surface area contributed by atoms with E-state index in [9.17, 15) is 0 Å². The molecule has 0 aliphatic carbocycles. The van der Waals surface area contributed by atoms with Gasteiger partial charge in [0.2, 0.25) is 0 Å². The minimum atomic E-state index is -2.29. The zero-order valence-electron chi connectivity index (χ0n) is 14.3. The van der Waals surface area contributed by atoms with Crippen molar-refractivity contribution in [3.8, 4) is 0 Å². The van der Waals surface area contributed by atoms with Crippen molar-refractivity contribution in [1.29, 1.82) is 0 Å². The number of benzene rings is 2. The second-order valence-electron chi connectivity index (χ2n) is 6.87. The fraction of sp³-hybridized carbons (Fsp3) is 0.368. The summed E-state index contributed by atoms with van der Waals surface area (Å²) in [5.41, 5.74) is 0. The molecule has 0 heterocycles. The molecular formula is C19H25LiOSi. The molecule has 0 radical (unpaired) electrons. The molecule has 0 spiro atoms. The van der Waals surface area contributed by atoms with Gasteiger partial charge in [0.05, 0.1) is 0 Å². The number of rotatable bonds is 6. The van der Waals surface area contributed by atoms with Crippen molar-refractivity contribution in [2.45, 2.75) is 37.3 Å². The van der Waals surface area contributed by atoms with E-state index in [2.05, 4.69) is 99.1 Å². The van der Waals surface area contributed by atoms with Gasteiger partial charge in [0.25, 0.3) is 0 Å². The zero-order chi connectivity index (χ0) is 16.1. The van der Waals surface area contributed by atoms with Crippen LogP contribution in [0.25, 0.3) is 0 Å². The molecule has 2 aromatic carbocycles. The van der Waals surface area contributed by atoms with Crippen LogP contribution in [0.4, 0.5) is 0 Å². The maximum absolute atomic E-state index is 6.75. The van der Waals surface area contributed by atoms with Gasteiger partial charge in [0.1, 0.15) is 0 Å². The Morgan fingerprint density at radius 2 is 1.32 bits per heavy atom. The summed E-state index contributed by atoms with van der Waals surface area (Å²) in [5, 5.41) is 3.98. The summed E-state index contributed by atoms with van der Waals surface area (Å²) in [6.45, 7) is 7.81. The predicted molar refractivity (Wildman–Crippen MR) is 98.8 cm³/mol. The van der Waals surface area contributed by atoms with Crippen LogP contribution in [-0.2, 0) is 4.43 Å². The van der Waals surface area contributed by atoms with Crippen molar-refractivity contribution >= 4 is 36.4 Å². The van der Waals surface area contributed by atoms with Crippen molar-refractivity contribution < 1.29 is 4.43 Å². The maximum atomic E-state index is 6.75. The summed E-state index contributed by atoms with van der Waals surface area (Å²) in [6, 6.07) is 21.7. The van der Waals surface area contributed by atoms with E-state index < -0.39 is 8.32 Å². The first-order valence-corrected chi connectivity index (χ1v) is 10.2. The van der Waals surface area contributed by atoms with Crippen LogP contribution < -0.4 is 10.4 Å². The van der Waals surface area contributed by atoms with E-state index in [1.807, 2.05) is 0 Å².